The first-order valence-corrected chi connectivity index (χ1v) is 7.40. The van der Waals surface area contributed by atoms with Gasteiger partial charge < -0.3 is 10.7 Å². The highest BCUT2D eigenvalue weighted by Gasteiger charge is 2.15. The molecule has 2 aromatic rings. The van der Waals surface area contributed by atoms with E-state index in [2.05, 4.69) is 19.9 Å². The zero-order valence-corrected chi connectivity index (χ0v) is 11.0. The first-order valence-electron chi connectivity index (χ1n) is 6.42. The molecule has 0 saturated heterocycles. The molecule has 18 heavy (non-hydrogen) atoms. The minimum Gasteiger partial charge on any atom is -0.382 e. The van der Waals surface area contributed by atoms with Crippen LogP contribution in [0.4, 0.5) is 5.82 Å². The number of nitrogens with two attached hydrogens (primary N) is 1. The van der Waals surface area contributed by atoms with E-state index in [0.29, 0.717) is 11.5 Å². The summed E-state index contributed by atoms with van der Waals surface area (Å²) in [4.78, 5) is 15.7. The van der Waals surface area contributed by atoms with Crippen LogP contribution in [-0.4, -0.2) is 25.7 Å². The maximum atomic E-state index is 5.78. The molecule has 0 aliphatic heterocycles. The number of nitrogen functional groups attached to an aromatic ring is 1. The zero-order chi connectivity index (χ0) is 12.4. The molecular weight excluding hydrogens is 246 g/mol. The van der Waals surface area contributed by atoms with Crippen molar-refractivity contribution >= 4 is 28.7 Å². The van der Waals surface area contributed by atoms with E-state index in [9.17, 15) is 0 Å². The number of hydrogen-bond donors (Lipinski definition) is 2. The predicted molar refractivity (Wildman–Crippen MR) is 73.4 cm³/mol. The van der Waals surface area contributed by atoms with Crippen LogP contribution in [0.25, 0.3) is 11.2 Å². The van der Waals surface area contributed by atoms with Crippen molar-refractivity contribution in [3.8, 4) is 0 Å². The number of anilines is 1. The fourth-order valence-corrected chi connectivity index (χ4v) is 3.50. The minimum absolute atomic E-state index is 0.469. The molecule has 0 atom stereocenters. The smallest absolute Gasteiger partial charge is 0.183 e. The molecule has 1 fully saturated rings. The third-order valence-corrected chi connectivity index (χ3v) is 4.58. The lowest BCUT2D eigenvalue weighted by Crippen LogP contribution is -2.08. The standard InChI is InChI=1S/C12H17N5S/c13-10-9-11(15-7-14-10)17-12(16-9)18-6-8-4-2-1-3-5-8/h7-8H,1-6H2,(H3,13,14,15,16,17). The van der Waals surface area contributed by atoms with E-state index in [1.165, 1.54) is 38.4 Å². The Balaban J connectivity index is 1.69. The summed E-state index contributed by atoms with van der Waals surface area (Å²) in [6.45, 7) is 0. The maximum absolute atomic E-state index is 5.78. The summed E-state index contributed by atoms with van der Waals surface area (Å²) < 4.78 is 0. The molecule has 0 bridgehead atoms. The van der Waals surface area contributed by atoms with E-state index in [-0.39, 0.29) is 0 Å². The summed E-state index contributed by atoms with van der Waals surface area (Å²) in [5.74, 6) is 2.44. The third-order valence-electron chi connectivity index (χ3n) is 3.48. The average Bonchev–Trinajstić information content (AvgIpc) is 2.82. The van der Waals surface area contributed by atoms with Crippen LogP contribution in [0.1, 0.15) is 32.1 Å². The number of aromatic nitrogens is 4. The van der Waals surface area contributed by atoms with Gasteiger partial charge >= 0.3 is 0 Å². The molecule has 6 heteroatoms. The van der Waals surface area contributed by atoms with E-state index in [4.69, 9.17) is 5.73 Å². The Bertz CT molecular complexity index is 532. The number of imidazole rings is 1. The van der Waals surface area contributed by atoms with Gasteiger partial charge in [-0.3, -0.25) is 0 Å². The van der Waals surface area contributed by atoms with E-state index in [1.54, 1.807) is 11.8 Å². The van der Waals surface area contributed by atoms with Crippen LogP contribution in [0.2, 0.25) is 0 Å². The van der Waals surface area contributed by atoms with Gasteiger partial charge in [-0.1, -0.05) is 31.0 Å². The number of fused-ring (bicyclic) bond motifs is 1. The Morgan fingerprint density at radius 3 is 2.89 bits per heavy atom. The monoisotopic (exact) mass is 263 g/mol. The van der Waals surface area contributed by atoms with Crippen molar-refractivity contribution in [2.24, 2.45) is 5.92 Å². The number of rotatable bonds is 3. The topological polar surface area (TPSA) is 80.5 Å². The lowest BCUT2D eigenvalue weighted by atomic mass is 9.91. The maximum Gasteiger partial charge on any atom is 0.183 e. The molecule has 3 N–H and O–H groups in total. The Labute approximate surface area is 110 Å². The molecular formula is C12H17N5S. The van der Waals surface area contributed by atoms with Crippen molar-refractivity contribution in [1.29, 1.82) is 0 Å². The van der Waals surface area contributed by atoms with Crippen LogP contribution in [-0.2, 0) is 0 Å². The van der Waals surface area contributed by atoms with Crippen LogP contribution >= 0.6 is 11.8 Å². The highest BCUT2D eigenvalue weighted by Crippen LogP contribution is 2.29. The van der Waals surface area contributed by atoms with Gasteiger partial charge in [0.25, 0.3) is 0 Å². The number of nitrogens with one attached hydrogen (secondary N) is 1. The van der Waals surface area contributed by atoms with Crippen LogP contribution in [0.15, 0.2) is 11.5 Å². The Hall–Kier alpha value is -1.30. The molecule has 0 amide bonds. The zero-order valence-electron chi connectivity index (χ0n) is 10.2. The van der Waals surface area contributed by atoms with Gasteiger partial charge in [0.1, 0.15) is 11.8 Å². The molecule has 0 aromatic carbocycles. The average molecular weight is 263 g/mol. The van der Waals surface area contributed by atoms with Crippen molar-refractivity contribution in [2.45, 2.75) is 37.3 Å². The van der Waals surface area contributed by atoms with Gasteiger partial charge in [0.15, 0.2) is 16.6 Å². The Kier molecular flexibility index (Phi) is 3.36. The first kappa shape index (κ1) is 11.8. The largest absolute Gasteiger partial charge is 0.382 e. The van der Waals surface area contributed by atoms with E-state index in [0.717, 1.165) is 22.3 Å². The summed E-state index contributed by atoms with van der Waals surface area (Å²) in [5, 5.41) is 0.905. The van der Waals surface area contributed by atoms with Crippen molar-refractivity contribution in [2.75, 3.05) is 11.5 Å². The van der Waals surface area contributed by atoms with E-state index < -0.39 is 0 Å². The summed E-state index contributed by atoms with van der Waals surface area (Å²) in [7, 11) is 0. The minimum atomic E-state index is 0.469. The Morgan fingerprint density at radius 2 is 2.11 bits per heavy atom. The number of thioether (sulfide) groups is 1. The van der Waals surface area contributed by atoms with Gasteiger partial charge in [0.2, 0.25) is 0 Å². The van der Waals surface area contributed by atoms with Crippen molar-refractivity contribution in [3.05, 3.63) is 6.33 Å². The van der Waals surface area contributed by atoms with E-state index >= 15 is 0 Å². The molecule has 0 unspecified atom stereocenters. The molecule has 3 rings (SSSR count). The van der Waals surface area contributed by atoms with Gasteiger partial charge in [-0.05, 0) is 18.8 Å². The van der Waals surface area contributed by atoms with Crippen molar-refractivity contribution < 1.29 is 0 Å². The fraction of sp³-hybridized carbons (Fsp3) is 0.583. The van der Waals surface area contributed by atoms with Crippen molar-refractivity contribution in [1.82, 2.24) is 19.9 Å². The van der Waals surface area contributed by atoms with Crippen LogP contribution < -0.4 is 5.73 Å². The fourth-order valence-electron chi connectivity index (χ4n) is 2.44. The number of aromatic amines is 1. The SMILES string of the molecule is Nc1ncnc2nc(SCC3CCCCC3)[nH]c12. The third kappa shape index (κ3) is 2.43. The second-order valence-electron chi connectivity index (χ2n) is 4.81. The highest BCUT2D eigenvalue weighted by atomic mass is 32.2. The number of H-pyrrole nitrogens is 1. The molecule has 1 aliphatic carbocycles. The lowest BCUT2D eigenvalue weighted by Gasteiger charge is -2.20. The molecule has 2 heterocycles. The van der Waals surface area contributed by atoms with Crippen LogP contribution in [0.3, 0.4) is 0 Å². The quantitative estimate of drug-likeness (QED) is 0.832. The molecule has 96 valence electrons. The summed E-state index contributed by atoms with van der Waals surface area (Å²) in [6.07, 6.45) is 8.32. The summed E-state index contributed by atoms with van der Waals surface area (Å²) in [6, 6.07) is 0. The van der Waals surface area contributed by atoms with Crippen LogP contribution in [0, 0.1) is 5.92 Å². The second-order valence-corrected chi connectivity index (χ2v) is 5.82. The number of hydrogen-bond acceptors (Lipinski definition) is 5. The molecule has 2 aromatic heterocycles. The van der Waals surface area contributed by atoms with Gasteiger partial charge in [-0.25, -0.2) is 15.0 Å². The highest BCUT2D eigenvalue weighted by molar-refractivity contribution is 7.99. The predicted octanol–water partition coefficient (Wildman–Crippen LogP) is 2.61. The first-order chi connectivity index (χ1) is 8.83. The van der Waals surface area contributed by atoms with Gasteiger partial charge in [-0.2, -0.15) is 0 Å². The van der Waals surface area contributed by atoms with Gasteiger partial charge in [0.05, 0.1) is 0 Å². The van der Waals surface area contributed by atoms with Gasteiger partial charge in [0, 0.05) is 5.75 Å². The van der Waals surface area contributed by atoms with Gasteiger partial charge in [-0.15, -0.1) is 0 Å². The lowest BCUT2D eigenvalue weighted by molar-refractivity contribution is 0.391. The number of nitrogens with zero attached hydrogens (tertiary/aromatic N) is 3. The summed E-state index contributed by atoms with van der Waals surface area (Å²) in [5.41, 5.74) is 7.19. The Morgan fingerprint density at radius 1 is 1.28 bits per heavy atom. The normalized spacial score (nSPS) is 17.3. The van der Waals surface area contributed by atoms with E-state index in [1.807, 2.05) is 0 Å². The molecule has 1 aliphatic rings. The van der Waals surface area contributed by atoms with Crippen molar-refractivity contribution in [3.63, 3.8) is 0 Å². The summed E-state index contributed by atoms with van der Waals surface area (Å²) >= 11 is 1.77. The second kappa shape index (κ2) is 5.14. The molecule has 1 saturated carbocycles. The molecule has 0 spiro atoms. The molecule has 5 nitrogen and oxygen atoms in total. The van der Waals surface area contributed by atoms with Crippen LogP contribution in [0.5, 0.6) is 0 Å². The molecule has 0 radical (unpaired) electrons.